The molecular formula is C13H18N2O3. The van der Waals surface area contributed by atoms with E-state index >= 15 is 0 Å². The van der Waals surface area contributed by atoms with E-state index in [4.69, 9.17) is 0 Å². The summed E-state index contributed by atoms with van der Waals surface area (Å²) in [4.78, 5) is 22.5. The van der Waals surface area contributed by atoms with Crippen LogP contribution in [0.1, 0.15) is 30.6 Å². The molecule has 18 heavy (non-hydrogen) atoms. The molecule has 0 aromatic heterocycles. The first-order valence-electron chi connectivity index (χ1n) is 5.86. The number of nitrogens with one attached hydrogen (secondary N) is 2. The minimum Gasteiger partial charge on any atom is -0.391 e. The van der Waals surface area contributed by atoms with Gasteiger partial charge in [0.05, 0.1) is 6.10 Å². The zero-order valence-corrected chi connectivity index (χ0v) is 10.6. The molecule has 0 saturated carbocycles. The lowest BCUT2D eigenvalue weighted by Gasteiger charge is -2.09. The van der Waals surface area contributed by atoms with E-state index in [9.17, 15) is 14.7 Å². The number of anilines is 1. The van der Waals surface area contributed by atoms with Crippen LogP contribution in [-0.2, 0) is 4.79 Å². The van der Waals surface area contributed by atoms with Gasteiger partial charge in [-0.1, -0.05) is 6.92 Å². The number of benzene rings is 1. The minimum absolute atomic E-state index is 0.154. The quantitative estimate of drug-likeness (QED) is 0.733. The van der Waals surface area contributed by atoms with E-state index < -0.39 is 6.10 Å². The third kappa shape index (κ3) is 4.55. The second-order valence-electron chi connectivity index (χ2n) is 4.03. The highest BCUT2D eigenvalue weighted by atomic mass is 16.3. The molecule has 0 saturated heterocycles. The number of carbonyl (C=O) groups excluding carboxylic acids is 2. The Morgan fingerprint density at radius 1 is 1.28 bits per heavy atom. The Kier molecular flexibility index (Phi) is 5.32. The summed E-state index contributed by atoms with van der Waals surface area (Å²) in [5.41, 5.74) is 1.14. The van der Waals surface area contributed by atoms with Crippen molar-refractivity contribution in [3.05, 3.63) is 29.8 Å². The molecule has 98 valence electrons. The van der Waals surface area contributed by atoms with E-state index in [0.29, 0.717) is 17.7 Å². The summed E-state index contributed by atoms with van der Waals surface area (Å²) in [5.74, 6) is -0.393. The highest BCUT2D eigenvalue weighted by molar-refractivity contribution is 5.95. The summed E-state index contributed by atoms with van der Waals surface area (Å²) in [5, 5.41) is 14.6. The molecule has 5 heteroatoms. The van der Waals surface area contributed by atoms with Crippen LogP contribution in [0.15, 0.2) is 24.3 Å². The molecule has 0 fully saturated rings. The Hall–Kier alpha value is -1.88. The van der Waals surface area contributed by atoms with Gasteiger partial charge in [-0.3, -0.25) is 9.59 Å². The van der Waals surface area contributed by atoms with Crippen LogP contribution in [0, 0.1) is 0 Å². The van der Waals surface area contributed by atoms with Gasteiger partial charge in [0.25, 0.3) is 5.91 Å². The van der Waals surface area contributed by atoms with Crippen LogP contribution >= 0.6 is 0 Å². The van der Waals surface area contributed by atoms with Crippen molar-refractivity contribution >= 4 is 17.5 Å². The number of aliphatic hydroxyl groups is 1. The molecule has 3 N–H and O–H groups in total. The summed E-state index contributed by atoms with van der Waals surface area (Å²) >= 11 is 0. The molecular weight excluding hydrogens is 232 g/mol. The van der Waals surface area contributed by atoms with Gasteiger partial charge in [-0.05, 0) is 30.7 Å². The molecule has 0 aliphatic heterocycles. The number of aliphatic hydroxyl groups excluding tert-OH is 1. The number of rotatable bonds is 5. The molecule has 1 aromatic rings. The summed E-state index contributed by atoms with van der Waals surface area (Å²) in [6.07, 6.45) is 0.0782. The van der Waals surface area contributed by atoms with Crippen LogP contribution in [0.2, 0.25) is 0 Å². The van der Waals surface area contributed by atoms with E-state index in [-0.39, 0.29) is 18.4 Å². The second kappa shape index (κ2) is 6.76. The highest BCUT2D eigenvalue weighted by Gasteiger charge is 2.07. The fourth-order valence-electron chi connectivity index (χ4n) is 1.37. The van der Waals surface area contributed by atoms with Gasteiger partial charge in [0.15, 0.2) is 0 Å². The Morgan fingerprint density at radius 3 is 2.39 bits per heavy atom. The van der Waals surface area contributed by atoms with Gasteiger partial charge < -0.3 is 15.7 Å². The van der Waals surface area contributed by atoms with Crippen LogP contribution in [0.25, 0.3) is 0 Å². The summed E-state index contributed by atoms with van der Waals surface area (Å²) in [7, 11) is 0. The van der Waals surface area contributed by atoms with Gasteiger partial charge in [-0.25, -0.2) is 0 Å². The first-order valence-corrected chi connectivity index (χ1v) is 5.86. The van der Waals surface area contributed by atoms with Crippen molar-refractivity contribution in [1.82, 2.24) is 5.32 Å². The van der Waals surface area contributed by atoms with E-state index in [1.54, 1.807) is 24.3 Å². The van der Waals surface area contributed by atoms with E-state index in [2.05, 4.69) is 10.6 Å². The van der Waals surface area contributed by atoms with Gasteiger partial charge in [0, 0.05) is 24.7 Å². The van der Waals surface area contributed by atoms with Crippen LogP contribution in [0.3, 0.4) is 0 Å². The van der Waals surface area contributed by atoms with Crippen molar-refractivity contribution in [1.29, 1.82) is 0 Å². The zero-order chi connectivity index (χ0) is 13.5. The fraction of sp³-hybridized carbons (Fsp3) is 0.385. The molecule has 0 aliphatic carbocycles. The maximum absolute atomic E-state index is 11.7. The maximum atomic E-state index is 11.7. The number of hydrogen-bond acceptors (Lipinski definition) is 3. The molecule has 0 bridgehead atoms. The average Bonchev–Trinajstić information content (AvgIpc) is 2.35. The largest absolute Gasteiger partial charge is 0.391 e. The monoisotopic (exact) mass is 250 g/mol. The van der Waals surface area contributed by atoms with Crippen molar-refractivity contribution in [2.24, 2.45) is 0 Å². The highest BCUT2D eigenvalue weighted by Crippen LogP contribution is 2.09. The summed E-state index contributed by atoms with van der Waals surface area (Å²) < 4.78 is 0. The minimum atomic E-state index is -0.521. The van der Waals surface area contributed by atoms with E-state index in [1.807, 2.05) is 6.92 Å². The van der Waals surface area contributed by atoms with Gasteiger partial charge in [-0.15, -0.1) is 0 Å². The third-order valence-electron chi connectivity index (χ3n) is 2.44. The molecule has 2 amide bonds. The molecule has 0 spiro atoms. The maximum Gasteiger partial charge on any atom is 0.251 e. The summed E-state index contributed by atoms with van der Waals surface area (Å²) in [6.45, 7) is 3.51. The van der Waals surface area contributed by atoms with Gasteiger partial charge in [-0.2, -0.15) is 0 Å². The van der Waals surface area contributed by atoms with E-state index in [0.717, 1.165) is 0 Å². The van der Waals surface area contributed by atoms with Crippen molar-refractivity contribution in [2.75, 3.05) is 11.9 Å². The Bertz CT molecular complexity index is 415. The third-order valence-corrected chi connectivity index (χ3v) is 2.44. The zero-order valence-electron chi connectivity index (χ0n) is 10.6. The van der Waals surface area contributed by atoms with Gasteiger partial charge >= 0.3 is 0 Å². The average molecular weight is 250 g/mol. The molecule has 0 heterocycles. The molecule has 1 atom stereocenters. The Morgan fingerprint density at radius 2 is 1.89 bits per heavy atom. The molecule has 1 aromatic carbocycles. The molecule has 0 radical (unpaired) electrons. The lowest BCUT2D eigenvalue weighted by Crippen LogP contribution is -2.31. The lowest BCUT2D eigenvalue weighted by atomic mass is 10.2. The van der Waals surface area contributed by atoms with Gasteiger partial charge in [0.1, 0.15) is 0 Å². The molecule has 5 nitrogen and oxygen atoms in total. The van der Waals surface area contributed by atoms with Crippen molar-refractivity contribution in [3.8, 4) is 0 Å². The molecule has 1 unspecified atom stereocenters. The van der Waals surface area contributed by atoms with Crippen molar-refractivity contribution < 1.29 is 14.7 Å². The summed E-state index contributed by atoms with van der Waals surface area (Å²) in [6, 6.07) is 6.57. The Labute approximate surface area is 106 Å². The number of hydrogen-bond donors (Lipinski definition) is 3. The number of amides is 2. The second-order valence-corrected chi connectivity index (χ2v) is 4.03. The SMILES string of the molecule is CCC(O)CNC(=O)c1ccc(NC(C)=O)cc1. The number of carbonyl (C=O) groups is 2. The lowest BCUT2D eigenvalue weighted by molar-refractivity contribution is -0.114. The molecule has 0 aliphatic rings. The van der Waals surface area contributed by atoms with Crippen LogP contribution in [-0.4, -0.2) is 29.6 Å². The normalized spacial score (nSPS) is 11.7. The Balaban J connectivity index is 2.56. The predicted molar refractivity (Wildman–Crippen MR) is 69.4 cm³/mol. The van der Waals surface area contributed by atoms with Crippen LogP contribution in [0.4, 0.5) is 5.69 Å². The smallest absolute Gasteiger partial charge is 0.251 e. The van der Waals surface area contributed by atoms with Gasteiger partial charge in [0.2, 0.25) is 5.91 Å². The van der Waals surface area contributed by atoms with Crippen molar-refractivity contribution in [3.63, 3.8) is 0 Å². The standard InChI is InChI=1S/C13H18N2O3/c1-3-12(17)8-14-13(18)10-4-6-11(7-5-10)15-9(2)16/h4-7,12,17H,3,8H2,1-2H3,(H,14,18)(H,15,16). The van der Waals surface area contributed by atoms with Crippen LogP contribution in [0.5, 0.6) is 0 Å². The van der Waals surface area contributed by atoms with E-state index in [1.165, 1.54) is 6.92 Å². The predicted octanol–water partition coefficient (Wildman–Crippen LogP) is 1.15. The topological polar surface area (TPSA) is 78.4 Å². The van der Waals surface area contributed by atoms with Crippen molar-refractivity contribution in [2.45, 2.75) is 26.4 Å². The fourth-order valence-corrected chi connectivity index (χ4v) is 1.37. The van der Waals surface area contributed by atoms with Crippen LogP contribution < -0.4 is 10.6 Å². The molecule has 1 rings (SSSR count). The first kappa shape index (κ1) is 14.2. The first-order chi connectivity index (χ1) is 8.52.